The van der Waals surface area contributed by atoms with Crippen LogP contribution in [0.15, 0.2) is 28.9 Å². The molecule has 1 aliphatic rings. The van der Waals surface area contributed by atoms with Crippen molar-refractivity contribution in [3.8, 4) is 0 Å². The number of likely N-dealkylation sites (N-methyl/N-ethyl adjacent to an activating group) is 1. The van der Waals surface area contributed by atoms with Crippen LogP contribution < -0.4 is 5.73 Å². The van der Waals surface area contributed by atoms with Crippen molar-refractivity contribution in [1.82, 2.24) is 9.80 Å². The molecule has 0 bridgehead atoms. The highest BCUT2D eigenvalue weighted by Crippen LogP contribution is 2.23. The van der Waals surface area contributed by atoms with Gasteiger partial charge in [0.15, 0.2) is 0 Å². The van der Waals surface area contributed by atoms with E-state index in [1.54, 1.807) is 11.2 Å². The summed E-state index contributed by atoms with van der Waals surface area (Å²) in [5.41, 5.74) is 8.26. The van der Waals surface area contributed by atoms with Gasteiger partial charge in [-0.1, -0.05) is 12.1 Å². The Labute approximate surface area is 141 Å². The highest BCUT2D eigenvalue weighted by molar-refractivity contribution is 5.88. The lowest BCUT2D eigenvalue weighted by atomic mass is 10.1. The molecule has 0 saturated carbocycles. The Hall–Kier alpha value is -2.34. The molecule has 2 N–H and O–H groups in total. The second-order valence-electron chi connectivity index (χ2n) is 6.64. The molecule has 6 nitrogen and oxygen atoms in total. The molecular formula is C18H23N3O3. The second-order valence-corrected chi connectivity index (χ2v) is 6.64. The van der Waals surface area contributed by atoms with E-state index in [4.69, 9.17) is 10.2 Å². The smallest absolute Gasteiger partial charge is 0.227 e. The molecule has 1 aromatic carbocycles. The molecule has 6 heteroatoms. The fourth-order valence-electron chi connectivity index (χ4n) is 3.18. The van der Waals surface area contributed by atoms with Crippen molar-refractivity contribution < 1.29 is 14.0 Å². The van der Waals surface area contributed by atoms with E-state index in [1.165, 1.54) is 0 Å². The summed E-state index contributed by atoms with van der Waals surface area (Å²) in [6.45, 7) is 4.32. The van der Waals surface area contributed by atoms with Crippen LogP contribution in [0, 0.1) is 12.8 Å². The number of hydrogen-bond acceptors (Lipinski definition) is 4. The number of furan rings is 1. The van der Waals surface area contributed by atoms with E-state index < -0.39 is 0 Å². The number of nitrogens with two attached hydrogens (primary N) is 1. The molecule has 2 heterocycles. The molecule has 24 heavy (non-hydrogen) atoms. The predicted octanol–water partition coefficient (Wildman–Crippen LogP) is 1.16. The molecular weight excluding hydrogens is 306 g/mol. The Morgan fingerprint density at radius 2 is 2.08 bits per heavy atom. The first-order chi connectivity index (χ1) is 11.4. The SMILES string of the molecule is Cc1ccc2c(CC(=O)N3CCN(C)C[C@H](C(N)=O)C3)coc2c1. The highest BCUT2D eigenvalue weighted by Gasteiger charge is 2.27. The summed E-state index contributed by atoms with van der Waals surface area (Å²) in [7, 11) is 1.94. The number of hydrogen-bond donors (Lipinski definition) is 1. The molecule has 0 unspecified atom stereocenters. The first kappa shape index (κ1) is 16.5. The maximum absolute atomic E-state index is 12.7. The number of rotatable bonds is 3. The molecule has 1 aromatic heterocycles. The quantitative estimate of drug-likeness (QED) is 0.916. The maximum Gasteiger partial charge on any atom is 0.227 e. The summed E-state index contributed by atoms with van der Waals surface area (Å²) < 4.78 is 5.57. The number of amides is 2. The summed E-state index contributed by atoms with van der Waals surface area (Å²) in [5.74, 6) is -0.684. The minimum absolute atomic E-state index is 0.000162. The molecule has 1 saturated heterocycles. The Morgan fingerprint density at radius 3 is 2.83 bits per heavy atom. The van der Waals surface area contributed by atoms with Crippen molar-refractivity contribution in [3.63, 3.8) is 0 Å². The fourth-order valence-corrected chi connectivity index (χ4v) is 3.18. The minimum Gasteiger partial charge on any atom is -0.464 e. The molecule has 1 fully saturated rings. The lowest BCUT2D eigenvalue weighted by Gasteiger charge is -2.22. The Bertz CT molecular complexity index is 768. The minimum atomic E-state index is -0.356. The van der Waals surface area contributed by atoms with Crippen molar-refractivity contribution in [2.24, 2.45) is 11.7 Å². The fraction of sp³-hybridized carbons (Fsp3) is 0.444. The zero-order chi connectivity index (χ0) is 17.3. The third-order valence-electron chi connectivity index (χ3n) is 4.63. The second kappa shape index (κ2) is 6.65. The first-order valence-electron chi connectivity index (χ1n) is 8.16. The molecule has 2 aromatic rings. The number of fused-ring (bicyclic) bond motifs is 1. The Morgan fingerprint density at radius 1 is 1.29 bits per heavy atom. The average molecular weight is 329 g/mol. The van der Waals surface area contributed by atoms with Crippen LogP contribution in [-0.2, 0) is 16.0 Å². The van der Waals surface area contributed by atoms with E-state index in [0.717, 1.165) is 28.6 Å². The standard InChI is InChI=1S/C18H23N3O3/c1-12-3-4-15-13(11-24-16(15)7-12)8-17(22)21-6-5-20(2)9-14(10-21)18(19)23/h3-4,7,11,14H,5-6,8-10H2,1-2H3,(H2,19,23)/t14-/m0/s1. The van der Waals surface area contributed by atoms with Gasteiger partial charge >= 0.3 is 0 Å². The van der Waals surface area contributed by atoms with E-state index in [-0.39, 0.29) is 24.2 Å². The van der Waals surface area contributed by atoms with Crippen LogP contribution in [0.4, 0.5) is 0 Å². The first-order valence-corrected chi connectivity index (χ1v) is 8.16. The van der Waals surface area contributed by atoms with Crippen LogP contribution in [0.3, 0.4) is 0 Å². The molecule has 0 aliphatic carbocycles. The molecule has 0 radical (unpaired) electrons. The van der Waals surface area contributed by atoms with Crippen molar-refractivity contribution in [2.75, 3.05) is 33.2 Å². The van der Waals surface area contributed by atoms with Crippen LogP contribution in [0.5, 0.6) is 0 Å². The molecule has 1 atom stereocenters. The van der Waals surface area contributed by atoms with Gasteiger partial charge in [0.25, 0.3) is 0 Å². The van der Waals surface area contributed by atoms with Gasteiger partial charge in [-0.3, -0.25) is 9.59 Å². The average Bonchev–Trinajstić information content (AvgIpc) is 2.79. The summed E-state index contributed by atoms with van der Waals surface area (Å²) in [5, 5.41) is 0.965. The third-order valence-corrected chi connectivity index (χ3v) is 4.63. The summed E-state index contributed by atoms with van der Waals surface area (Å²) in [6.07, 6.45) is 1.92. The van der Waals surface area contributed by atoms with Crippen LogP contribution >= 0.6 is 0 Å². The normalized spacial score (nSPS) is 19.4. The van der Waals surface area contributed by atoms with Gasteiger partial charge in [0.2, 0.25) is 11.8 Å². The van der Waals surface area contributed by atoms with Crippen LogP contribution in [0.2, 0.25) is 0 Å². The van der Waals surface area contributed by atoms with Crippen LogP contribution in [0.25, 0.3) is 11.0 Å². The maximum atomic E-state index is 12.7. The van der Waals surface area contributed by atoms with Gasteiger partial charge in [0, 0.05) is 37.1 Å². The van der Waals surface area contributed by atoms with E-state index in [0.29, 0.717) is 19.6 Å². The number of primary amides is 1. The summed E-state index contributed by atoms with van der Waals surface area (Å²) in [4.78, 5) is 28.1. The van der Waals surface area contributed by atoms with Crippen molar-refractivity contribution in [3.05, 3.63) is 35.6 Å². The predicted molar refractivity (Wildman–Crippen MR) is 91.4 cm³/mol. The molecule has 0 spiro atoms. The topological polar surface area (TPSA) is 79.8 Å². The van der Waals surface area contributed by atoms with Gasteiger partial charge in [-0.05, 0) is 25.6 Å². The molecule has 3 rings (SSSR count). The number of aryl methyl sites for hydroxylation is 1. The van der Waals surface area contributed by atoms with Crippen molar-refractivity contribution in [1.29, 1.82) is 0 Å². The molecule has 1 aliphatic heterocycles. The van der Waals surface area contributed by atoms with E-state index in [1.807, 2.05) is 37.1 Å². The number of nitrogens with zero attached hydrogens (tertiary/aromatic N) is 2. The van der Waals surface area contributed by atoms with E-state index in [9.17, 15) is 9.59 Å². The van der Waals surface area contributed by atoms with Crippen molar-refractivity contribution >= 4 is 22.8 Å². The number of benzene rings is 1. The van der Waals surface area contributed by atoms with Crippen LogP contribution in [-0.4, -0.2) is 54.8 Å². The zero-order valence-electron chi connectivity index (χ0n) is 14.1. The summed E-state index contributed by atoms with van der Waals surface area (Å²) >= 11 is 0. The van der Waals surface area contributed by atoms with Crippen molar-refractivity contribution in [2.45, 2.75) is 13.3 Å². The zero-order valence-corrected chi connectivity index (χ0v) is 14.1. The summed E-state index contributed by atoms with van der Waals surface area (Å²) in [6, 6.07) is 5.96. The van der Waals surface area contributed by atoms with Crippen LogP contribution in [0.1, 0.15) is 11.1 Å². The van der Waals surface area contributed by atoms with Gasteiger partial charge < -0.3 is 20.0 Å². The van der Waals surface area contributed by atoms with E-state index in [2.05, 4.69) is 0 Å². The molecule has 128 valence electrons. The van der Waals surface area contributed by atoms with Gasteiger partial charge in [-0.15, -0.1) is 0 Å². The lowest BCUT2D eigenvalue weighted by Crippen LogP contribution is -2.40. The lowest BCUT2D eigenvalue weighted by molar-refractivity contribution is -0.131. The van der Waals surface area contributed by atoms with E-state index >= 15 is 0 Å². The van der Waals surface area contributed by atoms with Gasteiger partial charge in [-0.2, -0.15) is 0 Å². The van der Waals surface area contributed by atoms with Gasteiger partial charge in [0.1, 0.15) is 5.58 Å². The van der Waals surface area contributed by atoms with Gasteiger partial charge in [0.05, 0.1) is 18.6 Å². The van der Waals surface area contributed by atoms with Gasteiger partial charge in [-0.25, -0.2) is 0 Å². The number of carbonyl (C=O) groups is 2. The Balaban J connectivity index is 1.76. The third kappa shape index (κ3) is 3.43. The largest absolute Gasteiger partial charge is 0.464 e. The monoisotopic (exact) mass is 329 g/mol. The highest BCUT2D eigenvalue weighted by atomic mass is 16.3. The molecule has 2 amide bonds. The Kier molecular flexibility index (Phi) is 4.57. The number of carbonyl (C=O) groups excluding carboxylic acids is 2.